The van der Waals surface area contributed by atoms with Crippen molar-refractivity contribution in [3.8, 4) is 69.0 Å². The van der Waals surface area contributed by atoms with Gasteiger partial charge in [0.25, 0.3) is 0 Å². The number of phenols is 9. The lowest BCUT2D eigenvalue weighted by Gasteiger charge is -2.26. The first-order chi connectivity index (χ1) is 32.8. The van der Waals surface area contributed by atoms with Gasteiger partial charge < -0.3 is 60.2 Å². The fourth-order valence-electron chi connectivity index (χ4n) is 10.2. The van der Waals surface area contributed by atoms with Crippen LogP contribution in [-0.2, 0) is 0 Å². The van der Waals surface area contributed by atoms with Crippen molar-refractivity contribution in [2.75, 3.05) is 0 Å². The molecular formula is C56H42O12. The third-order valence-electron chi connectivity index (χ3n) is 13.0. The van der Waals surface area contributed by atoms with Crippen LogP contribution in [0, 0.1) is 0 Å². The normalized spacial score (nSPS) is 20.0. The molecule has 338 valence electrons. The van der Waals surface area contributed by atoms with E-state index in [0.29, 0.717) is 56.2 Å². The summed E-state index contributed by atoms with van der Waals surface area (Å²) in [6.45, 7) is 0. The highest BCUT2D eigenvalue weighted by Gasteiger charge is 2.46. The smallest absolute Gasteiger partial charge is 0.135 e. The SMILES string of the molecule is Oc1ccc([C@H]2Oc3cc(O)cc([C@@H]4c5cc(/C=C\c6cc(O)cc7c6[C@@H](c6cc(O)cc(O)c6)[C@H](c6ccc(O)cc6)O7)ccc5O[C@H]4c4ccc(O)cc4)c3[C@@H]2c2cc(O)cc(O)c2)cc1. The summed E-state index contributed by atoms with van der Waals surface area (Å²) in [5, 5.41) is 96.0. The molecule has 0 amide bonds. The third kappa shape index (κ3) is 7.47. The van der Waals surface area contributed by atoms with E-state index in [-0.39, 0.29) is 51.7 Å². The predicted octanol–water partition coefficient (Wildman–Crippen LogP) is 11.0. The molecule has 0 saturated carbocycles. The van der Waals surface area contributed by atoms with Gasteiger partial charge in [-0.05, 0) is 129 Å². The van der Waals surface area contributed by atoms with Crippen molar-refractivity contribution in [2.45, 2.75) is 36.1 Å². The molecular weight excluding hydrogens is 865 g/mol. The molecule has 8 aromatic rings. The molecule has 0 radical (unpaired) electrons. The molecule has 0 aliphatic carbocycles. The molecule has 9 N–H and O–H groups in total. The Balaban J connectivity index is 1.05. The van der Waals surface area contributed by atoms with Crippen molar-refractivity contribution in [3.05, 3.63) is 213 Å². The monoisotopic (exact) mass is 906 g/mol. The average molecular weight is 907 g/mol. The van der Waals surface area contributed by atoms with Crippen LogP contribution in [0.3, 0.4) is 0 Å². The van der Waals surface area contributed by atoms with E-state index in [0.717, 1.165) is 22.3 Å². The van der Waals surface area contributed by atoms with Crippen molar-refractivity contribution in [1.82, 2.24) is 0 Å². The van der Waals surface area contributed by atoms with Crippen LogP contribution < -0.4 is 14.2 Å². The van der Waals surface area contributed by atoms with Gasteiger partial charge in [0.05, 0.1) is 17.8 Å². The van der Waals surface area contributed by atoms with Crippen LogP contribution in [0.25, 0.3) is 12.2 Å². The fraction of sp³-hybridized carbons (Fsp3) is 0.107. The second-order valence-electron chi connectivity index (χ2n) is 17.4. The van der Waals surface area contributed by atoms with Crippen molar-refractivity contribution in [2.24, 2.45) is 0 Å². The maximum absolute atomic E-state index is 11.5. The molecule has 6 atom stereocenters. The van der Waals surface area contributed by atoms with Crippen LogP contribution in [0.1, 0.15) is 97.3 Å². The lowest BCUT2D eigenvalue weighted by Crippen LogP contribution is -2.16. The second-order valence-corrected chi connectivity index (χ2v) is 17.4. The number of hydrogen-bond donors (Lipinski definition) is 9. The molecule has 3 heterocycles. The molecule has 68 heavy (non-hydrogen) atoms. The zero-order chi connectivity index (χ0) is 47.0. The van der Waals surface area contributed by atoms with Gasteiger partial charge in [-0.15, -0.1) is 0 Å². The summed E-state index contributed by atoms with van der Waals surface area (Å²) in [5.41, 5.74) is 7.38. The van der Waals surface area contributed by atoms with Crippen molar-refractivity contribution >= 4 is 12.2 Å². The Hall–Kier alpha value is -8.90. The average Bonchev–Trinajstić information content (AvgIpc) is 4.00. The Labute approximate surface area is 389 Å². The molecule has 0 bridgehead atoms. The summed E-state index contributed by atoms with van der Waals surface area (Å²) in [6.07, 6.45) is 1.69. The quantitative estimate of drug-likeness (QED) is 0.0652. The van der Waals surface area contributed by atoms with Gasteiger partial charge in [0, 0.05) is 41.0 Å². The summed E-state index contributed by atoms with van der Waals surface area (Å²) < 4.78 is 20.0. The van der Waals surface area contributed by atoms with Gasteiger partial charge in [0.15, 0.2) is 0 Å². The van der Waals surface area contributed by atoms with Gasteiger partial charge >= 0.3 is 0 Å². The van der Waals surface area contributed by atoms with Crippen LogP contribution in [0.2, 0.25) is 0 Å². The number of phenolic OH excluding ortho intramolecular Hbond substituents is 9. The molecule has 12 heteroatoms. The molecule has 0 aromatic heterocycles. The summed E-state index contributed by atoms with van der Waals surface area (Å²) in [6, 6.07) is 40.7. The zero-order valence-corrected chi connectivity index (χ0v) is 35.8. The van der Waals surface area contributed by atoms with Crippen LogP contribution in [-0.4, -0.2) is 46.0 Å². The van der Waals surface area contributed by atoms with E-state index in [1.54, 1.807) is 109 Å². The van der Waals surface area contributed by atoms with E-state index in [9.17, 15) is 46.0 Å². The predicted molar refractivity (Wildman–Crippen MR) is 251 cm³/mol. The van der Waals surface area contributed by atoms with Crippen LogP contribution >= 0.6 is 0 Å². The first-order valence-corrected chi connectivity index (χ1v) is 21.8. The Bertz CT molecular complexity index is 3250. The Morgan fingerprint density at radius 3 is 1.21 bits per heavy atom. The van der Waals surface area contributed by atoms with Gasteiger partial charge in [-0.2, -0.15) is 0 Å². The first kappa shape index (κ1) is 41.8. The van der Waals surface area contributed by atoms with Gasteiger partial charge in [0.1, 0.15) is 87.3 Å². The fourth-order valence-corrected chi connectivity index (χ4v) is 10.2. The molecule has 12 nitrogen and oxygen atoms in total. The molecule has 0 fully saturated rings. The third-order valence-corrected chi connectivity index (χ3v) is 13.0. The summed E-state index contributed by atoms with van der Waals surface area (Å²) >= 11 is 0. The molecule has 11 rings (SSSR count). The Morgan fingerprint density at radius 1 is 0.294 bits per heavy atom. The molecule has 8 aromatic carbocycles. The van der Waals surface area contributed by atoms with E-state index in [2.05, 4.69) is 0 Å². The number of rotatable bonds is 8. The van der Waals surface area contributed by atoms with E-state index in [1.165, 1.54) is 24.3 Å². The highest BCUT2D eigenvalue weighted by molar-refractivity contribution is 5.76. The number of fused-ring (bicyclic) bond motifs is 3. The highest BCUT2D eigenvalue weighted by Crippen LogP contribution is 2.59. The minimum absolute atomic E-state index is 0.0494. The first-order valence-electron chi connectivity index (χ1n) is 21.8. The van der Waals surface area contributed by atoms with Gasteiger partial charge in [-0.1, -0.05) is 54.6 Å². The van der Waals surface area contributed by atoms with Gasteiger partial charge in [-0.3, -0.25) is 0 Å². The van der Waals surface area contributed by atoms with Crippen molar-refractivity contribution < 1.29 is 60.2 Å². The van der Waals surface area contributed by atoms with Gasteiger partial charge in [-0.25, -0.2) is 0 Å². The Kier molecular flexibility index (Phi) is 9.96. The maximum Gasteiger partial charge on any atom is 0.135 e. The molecule has 0 saturated heterocycles. The lowest BCUT2D eigenvalue weighted by atomic mass is 9.76. The molecule has 3 aliphatic heterocycles. The zero-order valence-electron chi connectivity index (χ0n) is 35.8. The standard InChI is InChI=1S/C56H42O12/c57-35-10-4-29(5-11-35)54-50(33-19-38(60)23-39(61)20-33)49-32(18-42(64)26-47(49)67-54)3-1-28-2-16-46-44(17-28)52(56(66-46)31-8-14-37(59)15-9-31)45-25-43(65)27-48-53(45)51(34-21-40(62)24-41(63)22-34)55(68-48)30-6-12-36(58)13-7-30/h1-27,50-52,54-65H/b3-1-/t50-,51+,52+,54+,55-,56+/m1/s1. The molecule has 3 aliphatic rings. The van der Waals surface area contributed by atoms with Crippen LogP contribution in [0.5, 0.6) is 69.0 Å². The summed E-state index contributed by atoms with van der Waals surface area (Å²) in [5.74, 6) is -0.981. The Morgan fingerprint density at radius 2 is 0.706 bits per heavy atom. The van der Waals surface area contributed by atoms with Crippen molar-refractivity contribution in [1.29, 1.82) is 0 Å². The van der Waals surface area contributed by atoms with E-state index in [4.69, 9.17) is 14.2 Å². The molecule has 0 spiro atoms. The van der Waals surface area contributed by atoms with E-state index < -0.39 is 36.1 Å². The lowest BCUT2D eigenvalue weighted by molar-refractivity contribution is 0.220. The van der Waals surface area contributed by atoms with Crippen LogP contribution in [0.15, 0.2) is 152 Å². The number of aromatic hydroxyl groups is 9. The number of hydrogen-bond acceptors (Lipinski definition) is 12. The minimum atomic E-state index is -0.718. The van der Waals surface area contributed by atoms with Crippen molar-refractivity contribution in [3.63, 3.8) is 0 Å². The van der Waals surface area contributed by atoms with Crippen LogP contribution in [0.4, 0.5) is 0 Å². The molecule has 0 unspecified atom stereocenters. The van der Waals surface area contributed by atoms with E-state index >= 15 is 0 Å². The highest BCUT2D eigenvalue weighted by atomic mass is 16.5. The number of benzene rings is 8. The minimum Gasteiger partial charge on any atom is -0.508 e. The number of ether oxygens (including phenoxy) is 3. The van der Waals surface area contributed by atoms with Gasteiger partial charge in [0.2, 0.25) is 0 Å². The summed E-state index contributed by atoms with van der Waals surface area (Å²) in [7, 11) is 0. The maximum atomic E-state index is 11.5. The largest absolute Gasteiger partial charge is 0.508 e. The second kappa shape index (κ2) is 16.2. The summed E-state index contributed by atoms with van der Waals surface area (Å²) in [4.78, 5) is 0. The topological polar surface area (TPSA) is 210 Å². The van der Waals surface area contributed by atoms with E-state index in [1.807, 2.05) is 30.4 Å².